The topological polar surface area (TPSA) is 169 Å². The summed E-state index contributed by atoms with van der Waals surface area (Å²) in [5.74, 6) is -1.78. The van der Waals surface area contributed by atoms with Crippen molar-refractivity contribution in [2.24, 2.45) is 11.8 Å². The van der Waals surface area contributed by atoms with E-state index in [4.69, 9.17) is 18.5 Å². The standard InChI is InChI=1S/C50H88NO11P/c1-6-8-10-11-12-13-14-15-16-17-18-19-20-21-22-23-24-25-30-34-49(55)59-41-44(42-61-63(57,58)60-39-38-51(3,4)5)62-50(56)35-31-27-26-29-33-45-46(48(54)40-47(45)53)37-36-43(52)32-28-9-7-2/h12-13,15-16,26,29,36-37,43-46,48,52,54H,6-11,14,17-25,27-28,30-35,38-42H2,1-5H3/b13-12-,16-15-,29-26-,37-36+/t43-,44+,45+,46+,48+/m0/s1. The van der Waals surface area contributed by atoms with Crippen LogP contribution >= 0.6 is 7.82 Å². The number of hydrogen-bond donors (Lipinski definition) is 2. The molecule has 364 valence electrons. The van der Waals surface area contributed by atoms with Crippen LogP contribution in [-0.2, 0) is 37.5 Å². The molecule has 2 N–H and O–H groups in total. The van der Waals surface area contributed by atoms with E-state index >= 15 is 0 Å². The van der Waals surface area contributed by atoms with Gasteiger partial charge in [0.25, 0.3) is 7.82 Å². The van der Waals surface area contributed by atoms with Crippen LogP contribution in [0.15, 0.2) is 48.6 Å². The summed E-state index contributed by atoms with van der Waals surface area (Å²) in [6.45, 7) is 3.78. The van der Waals surface area contributed by atoms with E-state index in [-0.39, 0.29) is 50.1 Å². The van der Waals surface area contributed by atoms with E-state index in [0.29, 0.717) is 43.1 Å². The van der Waals surface area contributed by atoms with Crippen LogP contribution < -0.4 is 4.89 Å². The summed E-state index contributed by atoms with van der Waals surface area (Å²) in [5.41, 5.74) is 0. The Hall–Kier alpha value is -2.44. The van der Waals surface area contributed by atoms with Crippen LogP contribution in [0.1, 0.15) is 174 Å². The molecule has 0 heterocycles. The van der Waals surface area contributed by atoms with Gasteiger partial charge in [0.05, 0.1) is 40.0 Å². The first-order valence-electron chi connectivity index (χ1n) is 24.4. The number of aliphatic hydroxyl groups is 2. The van der Waals surface area contributed by atoms with Gasteiger partial charge in [0, 0.05) is 31.1 Å². The second-order valence-electron chi connectivity index (χ2n) is 18.2. The fraction of sp³-hybridized carbons (Fsp3) is 0.780. The van der Waals surface area contributed by atoms with Crippen LogP contribution in [-0.4, -0.2) is 98.2 Å². The van der Waals surface area contributed by atoms with Crippen LogP contribution in [0.2, 0.25) is 0 Å². The average Bonchev–Trinajstić information content (AvgIpc) is 3.50. The molecule has 1 fully saturated rings. The zero-order chi connectivity index (χ0) is 46.6. The number of likely N-dealkylation sites (N-methyl/N-ethyl adjacent to an activating group) is 1. The maximum absolute atomic E-state index is 12.8. The summed E-state index contributed by atoms with van der Waals surface area (Å²) in [6.07, 6.45) is 36.4. The van der Waals surface area contributed by atoms with Crippen LogP contribution in [0.5, 0.6) is 0 Å². The highest BCUT2D eigenvalue weighted by Gasteiger charge is 2.39. The smallest absolute Gasteiger partial charge is 0.306 e. The number of ether oxygens (including phenoxy) is 2. The molecule has 0 aromatic rings. The SMILES string of the molecule is CCCCC/C=C\C/C=C\CCCCCCCCCCCC(=O)OC[C@H](COP(=O)([O-])OCC[N+](C)(C)C)OC(=O)CCC/C=C\C[C@H]1C(=O)C[C@@H](O)[C@@H]1/C=C/[C@@H](O)CCCCC. The number of esters is 2. The molecule has 0 bridgehead atoms. The number of phosphoric acid groups is 1. The van der Waals surface area contributed by atoms with E-state index in [0.717, 1.165) is 51.4 Å². The van der Waals surface area contributed by atoms with Gasteiger partial charge >= 0.3 is 11.9 Å². The Morgan fingerprint density at radius 1 is 0.762 bits per heavy atom. The van der Waals surface area contributed by atoms with Gasteiger partial charge in [-0.15, -0.1) is 0 Å². The lowest BCUT2D eigenvalue weighted by Gasteiger charge is -2.28. The van der Waals surface area contributed by atoms with E-state index < -0.39 is 44.7 Å². The van der Waals surface area contributed by atoms with Crippen LogP contribution in [0.4, 0.5) is 0 Å². The lowest BCUT2D eigenvalue weighted by molar-refractivity contribution is -0.870. The number of aliphatic hydroxyl groups excluding tert-OH is 2. The number of ketones is 1. The van der Waals surface area contributed by atoms with Crippen molar-refractivity contribution in [3.63, 3.8) is 0 Å². The maximum atomic E-state index is 12.8. The molecule has 1 aliphatic rings. The molecule has 0 aliphatic heterocycles. The first-order valence-corrected chi connectivity index (χ1v) is 25.9. The molecule has 1 saturated carbocycles. The Morgan fingerprint density at radius 2 is 1.33 bits per heavy atom. The number of carbonyl (C=O) groups excluding carboxylic acids is 3. The minimum absolute atomic E-state index is 0.0102. The summed E-state index contributed by atoms with van der Waals surface area (Å²) in [5, 5.41) is 20.8. The first-order chi connectivity index (χ1) is 30.2. The third-order valence-electron chi connectivity index (χ3n) is 11.2. The molecule has 0 aromatic carbocycles. The average molecular weight is 910 g/mol. The number of hydrogen-bond acceptors (Lipinski definition) is 11. The highest BCUT2D eigenvalue weighted by Crippen LogP contribution is 2.38. The van der Waals surface area contributed by atoms with Crippen molar-refractivity contribution < 1.29 is 57.1 Å². The zero-order valence-electron chi connectivity index (χ0n) is 40.0. The molecule has 1 rings (SSSR count). The van der Waals surface area contributed by atoms with Crippen LogP contribution in [0, 0.1) is 11.8 Å². The summed E-state index contributed by atoms with van der Waals surface area (Å²) in [4.78, 5) is 50.4. The van der Waals surface area contributed by atoms with Crippen molar-refractivity contribution in [2.75, 3.05) is 47.5 Å². The number of rotatable bonds is 40. The molecule has 63 heavy (non-hydrogen) atoms. The first kappa shape index (κ1) is 58.6. The Morgan fingerprint density at radius 3 is 1.98 bits per heavy atom. The molecule has 0 radical (unpaired) electrons. The monoisotopic (exact) mass is 910 g/mol. The molecular weight excluding hydrogens is 822 g/mol. The molecule has 0 saturated heterocycles. The number of unbranched alkanes of at least 4 members (excludes halogenated alkanes) is 15. The Balaban J connectivity index is 2.45. The fourth-order valence-electron chi connectivity index (χ4n) is 7.25. The number of carbonyl (C=O) groups is 3. The minimum Gasteiger partial charge on any atom is -0.756 e. The van der Waals surface area contributed by atoms with Gasteiger partial charge in [-0.25, -0.2) is 0 Å². The molecule has 13 heteroatoms. The number of Topliss-reactive ketones (excluding diaryl/α,β-unsaturated/α-hetero) is 1. The van der Waals surface area contributed by atoms with E-state index in [1.807, 2.05) is 33.3 Å². The summed E-state index contributed by atoms with van der Waals surface area (Å²) in [7, 11) is 0.994. The quantitative estimate of drug-likeness (QED) is 0.0197. The predicted molar refractivity (Wildman–Crippen MR) is 251 cm³/mol. The van der Waals surface area contributed by atoms with Gasteiger partial charge in [0.1, 0.15) is 25.5 Å². The Kier molecular flexibility index (Phi) is 34.2. The van der Waals surface area contributed by atoms with Crippen LogP contribution in [0.25, 0.3) is 0 Å². The molecule has 0 aromatic heterocycles. The van der Waals surface area contributed by atoms with Crippen molar-refractivity contribution in [3.8, 4) is 0 Å². The molecule has 0 amide bonds. The van der Waals surface area contributed by atoms with Crippen molar-refractivity contribution in [1.29, 1.82) is 0 Å². The second-order valence-corrected chi connectivity index (χ2v) is 19.7. The minimum atomic E-state index is -4.71. The van der Waals surface area contributed by atoms with Crippen molar-refractivity contribution >= 4 is 25.5 Å². The molecular formula is C50H88NO11P. The third kappa shape index (κ3) is 33.7. The molecule has 12 nitrogen and oxygen atoms in total. The van der Waals surface area contributed by atoms with Gasteiger partial charge in [-0.2, -0.15) is 0 Å². The highest BCUT2D eigenvalue weighted by atomic mass is 31.2. The van der Waals surface area contributed by atoms with Gasteiger partial charge in [-0.3, -0.25) is 18.9 Å². The summed E-state index contributed by atoms with van der Waals surface area (Å²) >= 11 is 0. The van der Waals surface area contributed by atoms with Crippen molar-refractivity contribution in [1.82, 2.24) is 0 Å². The summed E-state index contributed by atoms with van der Waals surface area (Å²) < 4.78 is 33.9. The van der Waals surface area contributed by atoms with Crippen LogP contribution in [0.3, 0.4) is 0 Å². The van der Waals surface area contributed by atoms with Gasteiger partial charge in [0.2, 0.25) is 0 Å². The van der Waals surface area contributed by atoms with E-state index in [2.05, 4.69) is 38.2 Å². The van der Waals surface area contributed by atoms with Crippen molar-refractivity contribution in [3.05, 3.63) is 48.6 Å². The number of quaternary nitrogens is 1. The van der Waals surface area contributed by atoms with Gasteiger partial charge in [-0.05, 0) is 64.2 Å². The largest absolute Gasteiger partial charge is 0.756 e. The molecule has 0 spiro atoms. The summed E-state index contributed by atoms with van der Waals surface area (Å²) in [6, 6.07) is 0. The number of phosphoric ester groups is 1. The highest BCUT2D eigenvalue weighted by molar-refractivity contribution is 7.45. The lowest BCUT2D eigenvalue weighted by atomic mass is 9.90. The normalized spacial score (nSPS) is 19.2. The third-order valence-corrected chi connectivity index (χ3v) is 12.2. The van der Waals surface area contributed by atoms with E-state index in [1.54, 1.807) is 12.2 Å². The number of nitrogens with zero attached hydrogens (tertiary/aromatic N) is 1. The fourth-order valence-corrected chi connectivity index (χ4v) is 7.98. The Labute approximate surface area is 382 Å². The maximum Gasteiger partial charge on any atom is 0.306 e. The lowest BCUT2D eigenvalue weighted by Crippen LogP contribution is -2.37. The Bertz CT molecular complexity index is 1370. The second kappa shape index (κ2) is 36.7. The molecule has 1 aliphatic carbocycles. The molecule has 6 atom stereocenters. The zero-order valence-corrected chi connectivity index (χ0v) is 40.9. The van der Waals surface area contributed by atoms with Gasteiger partial charge in [0.15, 0.2) is 6.10 Å². The van der Waals surface area contributed by atoms with E-state index in [1.165, 1.54) is 57.8 Å². The van der Waals surface area contributed by atoms with Gasteiger partial charge < -0.3 is 38.1 Å². The number of allylic oxidation sites excluding steroid dienone is 6. The van der Waals surface area contributed by atoms with Gasteiger partial charge in [-0.1, -0.05) is 140 Å². The molecule has 1 unspecified atom stereocenters. The van der Waals surface area contributed by atoms with E-state index in [9.17, 15) is 34.1 Å². The predicted octanol–water partition coefficient (Wildman–Crippen LogP) is 10.2. The van der Waals surface area contributed by atoms with Crippen molar-refractivity contribution in [2.45, 2.75) is 193 Å².